The Labute approximate surface area is 230 Å². The van der Waals surface area contributed by atoms with Crippen molar-refractivity contribution >= 4 is 45.5 Å². The van der Waals surface area contributed by atoms with Crippen LogP contribution in [-0.4, -0.2) is 58.7 Å². The maximum absolute atomic E-state index is 13.2. The molecule has 0 spiro atoms. The molecule has 2 aliphatic rings. The Morgan fingerprint density at radius 2 is 2.21 bits per heavy atom. The van der Waals surface area contributed by atoms with Crippen LogP contribution in [0, 0.1) is 11.3 Å². The van der Waals surface area contributed by atoms with Crippen LogP contribution in [0.15, 0.2) is 72.0 Å². The Morgan fingerprint density at radius 3 is 2.95 bits per heavy atom. The Bertz CT molecular complexity index is 1440. The predicted molar refractivity (Wildman–Crippen MR) is 154 cm³/mol. The normalized spacial score (nSPS) is 24.4. The first-order chi connectivity index (χ1) is 18.9. The summed E-state index contributed by atoms with van der Waals surface area (Å²) in [7, 11) is 0. The van der Waals surface area contributed by atoms with Crippen LogP contribution in [-0.2, 0) is 4.79 Å². The third-order valence-electron chi connectivity index (χ3n) is 7.41. The number of aliphatic carboxylic acids is 1. The molecular formula is C28H31N7O3S. The number of aliphatic imine (C=N–C) groups is 1. The monoisotopic (exact) mass is 545 g/mol. The summed E-state index contributed by atoms with van der Waals surface area (Å²) >= 11 is 1.52. The number of carboxylic acid groups (broad SMARTS) is 1. The molecule has 2 aromatic heterocycles. The second kappa shape index (κ2) is 11.0. The van der Waals surface area contributed by atoms with Gasteiger partial charge in [-0.3, -0.25) is 15.1 Å². The van der Waals surface area contributed by atoms with Crippen LogP contribution in [0.25, 0.3) is 21.5 Å². The number of allylic oxidation sites excluding steroid dienone is 2. The van der Waals surface area contributed by atoms with Crippen molar-refractivity contribution in [2.24, 2.45) is 16.3 Å². The summed E-state index contributed by atoms with van der Waals surface area (Å²) in [6.07, 6.45) is 9.17. The van der Waals surface area contributed by atoms with Crippen molar-refractivity contribution in [3.63, 3.8) is 0 Å². The van der Waals surface area contributed by atoms with Gasteiger partial charge in [0.15, 0.2) is 0 Å². The minimum absolute atomic E-state index is 0.227. The number of rotatable bonds is 8. The van der Waals surface area contributed by atoms with Crippen LogP contribution >= 0.6 is 11.3 Å². The van der Waals surface area contributed by atoms with Gasteiger partial charge >= 0.3 is 12.0 Å². The van der Waals surface area contributed by atoms with Crippen molar-refractivity contribution in [2.75, 3.05) is 24.5 Å². The van der Waals surface area contributed by atoms with E-state index in [-0.39, 0.29) is 6.42 Å². The molecule has 2 amide bonds. The lowest BCUT2D eigenvalue weighted by atomic mass is 9.65. The molecule has 10 nitrogen and oxygen atoms in total. The number of urea groups is 1. The van der Waals surface area contributed by atoms with E-state index in [0.717, 1.165) is 21.5 Å². The first kappa shape index (κ1) is 26.5. The van der Waals surface area contributed by atoms with Crippen molar-refractivity contribution in [2.45, 2.75) is 25.6 Å². The molecule has 0 bridgehead atoms. The van der Waals surface area contributed by atoms with Gasteiger partial charge < -0.3 is 20.6 Å². The SMILES string of the molecule is C=CCC1(C(=O)O)CCNCC1C1(NC(=O)NCC)N=CC=CN1c1cc(-c2ccccn2)c2scnc2c1. The van der Waals surface area contributed by atoms with E-state index in [1.807, 2.05) is 48.4 Å². The summed E-state index contributed by atoms with van der Waals surface area (Å²) in [5.74, 6) is -3.07. The zero-order chi connectivity index (χ0) is 27.5. The van der Waals surface area contributed by atoms with Crippen LogP contribution in [0.2, 0.25) is 0 Å². The minimum Gasteiger partial charge on any atom is -0.481 e. The number of carboxylic acids is 1. The number of carbonyl (C=O) groups excluding carboxylic acids is 1. The van der Waals surface area contributed by atoms with E-state index >= 15 is 0 Å². The third-order valence-corrected chi connectivity index (χ3v) is 8.29. The van der Waals surface area contributed by atoms with Gasteiger partial charge in [-0.05, 0) is 56.7 Å². The van der Waals surface area contributed by atoms with Crippen molar-refractivity contribution < 1.29 is 14.7 Å². The van der Waals surface area contributed by atoms with E-state index in [9.17, 15) is 14.7 Å². The number of amides is 2. The highest BCUT2D eigenvalue weighted by Crippen LogP contribution is 2.48. The summed E-state index contributed by atoms with van der Waals surface area (Å²) < 4.78 is 0.982. The maximum Gasteiger partial charge on any atom is 0.318 e. The molecule has 5 rings (SSSR count). The van der Waals surface area contributed by atoms with Crippen LogP contribution in [0.3, 0.4) is 0 Å². The Kier molecular flexibility index (Phi) is 7.45. The standard InChI is InChI=1S/C28H31N7O3S/c1-3-9-27(25(36)37)10-13-29-17-23(27)28(34-26(38)30-4-2)33-12-7-14-35(28)19-15-20(21-8-5-6-11-31-21)24-22(16-19)32-18-39-24/h3,5-8,11-12,14-16,18,23,29H,1,4,9-10,13,17H2,2H3,(H,36,37)(H2,30,34,38). The number of hydrogen-bond acceptors (Lipinski definition) is 8. The minimum atomic E-state index is -1.46. The third kappa shape index (κ3) is 4.68. The number of nitrogens with one attached hydrogen (secondary N) is 3. The molecule has 3 aromatic rings. The van der Waals surface area contributed by atoms with Crippen molar-refractivity contribution in [1.29, 1.82) is 0 Å². The molecule has 11 heteroatoms. The van der Waals surface area contributed by atoms with Crippen LogP contribution < -0.4 is 20.9 Å². The molecule has 1 aromatic carbocycles. The second-order valence-electron chi connectivity index (χ2n) is 9.57. The van der Waals surface area contributed by atoms with Gasteiger partial charge in [0.1, 0.15) is 0 Å². The van der Waals surface area contributed by atoms with Gasteiger partial charge in [-0.2, -0.15) is 0 Å². The average Bonchev–Trinajstić information content (AvgIpc) is 3.42. The molecule has 0 radical (unpaired) electrons. The van der Waals surface area contributed by atoms with E-state index in [0.29, 0.717) is 31.7 Å². The lowest BCUT2D eigenvalue weighted by Crippen LogP contribution is -2.71. The van der Waals surface area contributed by atoms with Gasteiger partial charge in [0, 0.05) is 43.0 Å². The first-order valence-electron chi connectivity index (χ1n) is 12.9. The van der Waals surface area contributed by atoms with Gasteiger partial charge in [0.05, 0.1) is 32.8 Å². The molecule has 0 saturated carbocycles. The molecular weight excluding hydrogens is 514 g/mol. The zero-order valence-corrected chi connectivity index (χ0v) is 22.4. The average molecular weight is 546 g/mol. The van der Waals surface area contributed by atoms with E-state index in [1.54, 1.807) is 30.1 Å². The van der Waals surface area contributed by atoms with Crippen LogP contribution in [0.5, 0.6) is 0 Å². The highest BCUT2D eigenvalue weighted by Gasteiger charge is 2.59. The number of piperidine rings is 1. The number of aromatic nitrogens is 2. The number of thiazole rings is 1. The zero-order valence-electron chi connectivity index (χ0n) is 21.6. The quantitative estimate of drug-likeness (QED) is 0.315. The van der Waals surface area contributed by atoms with Gasteiger partial charge in [-0.25, -0.2) is 14.8 Å². The number of benzene rings is 1. The number of carbonyl (C=O) groups is 2. The van der Waals surface area contributed by atoms with Gasteiger partial charge in [0.25, 0.3) is 0 Å². The molecule has 202 valence electrons. The highest BCUT2D eigenvalue weighted by molar-refractivity contribution is 7.17. The van der Waals surface area contributed by atoms with Gasteiger partial charge in [0.2, 0.25) is 5.79 Å². The van der Waals surface area contributed by atoms with Crippen molar-refractivity contribution in [3.8, 4) is 11.3 Å². The van der Waals surface area contributed by atoms with Crippen LogP contribution in [0.1, 0.15) is 19.8 Å². The fraction of sp³-hybridized carbons (Fsp3) is 0.321. The van der Waals surface area contributed by atoms with Crippen molar-refractivity contribution in [1.82, 2.24) is 25.9 Å². The Morgan fingerprint density at radius 1 is 1.33 bits per heavy atom. The Hall–Kier alpha value is -4.09. The highest BCUT2D eigenvalue weighted by atomic mass is 32.1. The molecule has 3 unspecified atom stereocenters. The lowest BCUT2D eigenvalue weighted by Gasteiger charge is -2.53. The molecule has 0 aliphatic carbocycles. The van der Waals surface area contributed by atoms with Crippen LogP contribution in [0.4, 0.5) is 10.5 Å². The molecule has 1 fully saturated rings. The molecule has 3 atom stereocenters. The molecule has 2 aliphatic heterocycles. The number of anilines is 1. The van der Waals surface area contributed by atoms with E-state index < -0.39 is 29.1 Å². The van der Waals surface area contributed by atoms with Crippen molar-refractivity contribution in [3.05, 3.63) is 67.0 Å². The number of pyridine rings is 1. The summed E-state index contributed by atoms with van der Waals surface area (Å²) in [6, 6.07) is 9.21. The summed E-state index contributed by atoms with van der Waals surface area (Å²) in [5, 5.41) is 19.9. The number of hydrogen-bond donors (Lipinski definition) is 4. The van der Waals surface area contributed by atoms with Gasteiger partial charge in [-0.15, -0.1) is 17.9 Å². The summed E-state index contributed by atoms with van der Waals surface area (Å²) in [5.41, 5.74) is 3.70. The summed E-state index contributed by atoms with van der Waals surface area (Å²) in [4.78, 5) is 42.0. The van der Waals surface area contributed by atoms with E-state index in [2.05, 4.69) is 32.5 Å². The number of fused-ring (bicyclic) bond motifs is 1. The Balaban J connectivity index is 1.73. The predicted octanol–water partition coefficient (Wildman–Crippen LogP) is 3.99. The second-order valence-corrected chi connectivity index (χ2v) is 10.4. The molecule has 39 heavy (non-hydrogen) atoms. The smallest absolute Gasteiger partial charge is 0.318 e. The molecule has 4 heterocycles. The maximum atomic E-state index is 13.2. The molecule has 1 saturated heterocycles. The van der Waals surface area contributed by atoms with E-state index in [4.69, 9.17) is 4.99 Å². The number of nitrogens with zero attached hydrogens (tertiary/aromatic N) is 4. The van der Waals surface area contributed by atoms with Gasteiger partial charge in [-0.1, -0.05) is 12.1 Å². The van der Waals surface area contributed by atoms with E-state index in [1.165, 1.54) is 11.3 Å². The first-order valence-corrected chi connectivity index (χ1v) is 13.7. The summed E-state index contributed by atoms with van der Waals surface area (Å²) in [6.45, 7) is 6.93. The fourth-order valence-electron chi connectivity index (χ4n) is 5.66. The largest absolute Gasteiger partial charge is 0.481 e. The topological polar surface area (TPSA) is 132 Å². The fourth-order valence-corrected chi connectivity index (χ4v) is 6.45. The molecule has 4 N–H and O–H groups in total. The lowest BCUT2D eigenvalue weighted by molar-refractivity contribution is -0.157.